The van der Waals surface area contributed by atoms with Crippen LogP contribution in [0.5, 0.6) is 0 Å². The molecule has 3 aromatic rings. The fraction of sp³-hybridized carbons (Fsp3) is 0.130. The summed E-state index contributed by atoms with van der Waals surface area (Å²) >= 11 is 11.1. The summed E-state index contributed by atoms with van der Waals surface area (Å²) in [6.45, 7) is 4.31. The zero-order valence-electron chi connectivity index (χ0n) is 16.2. The van der Waals surface area contributed by atoms with E-state index in [4.69, 9.17) is 23.8 Å². The fourth-order valence-electron chi connectivity index (χ4n) is 2.98. The number of nitrogens with zero attached hydrogens (tertiary/aromatic N) is 1. The highest BCUT2D eigenvalue weighted by molar-refractivity contribution is 7.80. The average molecular weight is 424 g/mol. The Bertz CT molecular complexity index is 973. The molecule has 0 atom stereocenters. The molecule has 148 valence electrons. The molecule has 0 spiro atoms. The lowest BCUT2D eigenvalue weighted by molar-refractivity contribution is 0.0977. The number of anilines is 3. The first-order valence-corrected chi connectivity index (χ1v) is 10.0. The van der Waals surface area contributed by atoms with Gasteiger partial charge in [0, 0.05) is 33.7 Å². The molecule has 3 aromatic carbocycles. The van der Waals surface area contributed by atoms with Crippen LogP contribution in [0.2, 0.25) is 5.02 Å². The second-order valence-electron chi connectivity index (χ2n) is 6.76. The van der Waals surface area contributed by atoms with Crippen molar-refractivity contribution in [3.8, 4) is 0 Å². The van der Waals surface area contributed by atoms with E-state index < -0.39 is 0 Å². The van der Waals surface area contributed by atoms with Crippen LogP contribution in [0.25, 0.3) is 0 Å². The third-order valence-electron chi connectivity index (χ3n) is 4.29. The number of thiocarbonyl (C=S) groups is 1. The number of benzene rings is 3. The molecule has 0 radical (unpaired) electrons. The molecule has 0 aromatic heterocycles. The Hall–Kier alpha value is -2.89. The van der Waals surface area contributed by atoms with Crippen molar-refractivity contribution in [2.24, 2.45) is 0 Å². The third kappa shape index (κ3) is 5.56. The molecule has 0 aliphatic rings. The number of carbonyl (C=O) groups excluding carboxylic acids is 1. The van der Waals surface area contributed by atoms with Crippen LogP contribution in [0, 0.1) is 0 Å². The Morgan fingerprint density at radius 1 is 0.897 bits per heavy atom. The molecule has 29 heavy (non-hydrogen) atoms. The Labute approximate surface area is 181 Å². The molecule has 0 bridgehead atoms. The Morgan fingerprint density at radius 2 is 1.48 bits per heavy atom. The zero-order valence-corrected chi connectivity index (χ0v) is 17.8. The van der Waals surface area contributed by atoms with Gasteiger partial charge in [-0.3, -0.25) is 10.1 Å². The Kier molecular flexibility index (Phi) is 6.86. The highest BCUT2D eigenvalue weighted by atomic mass is 35.5. The highest BCUT2D eigenvalue weighted by Gasteiger charge is 2.13. The predicted molar refractivity (Wildman–Crippen MR) is 125 cm³/mol. The number of nitrogens with one attached hydrogen (secondary N) is 2. The van der Waals surface area contributed by atoms with Crippen LogP contribution in [-0.2, 0) is 0 Å². The maximum absolute atomic E-state index is 12.2. The summed E-state index contributed by atoms with van der Waals surface area (Å²) in [7, 11) is 0. The van der Waals surface area contributed by atoms with Crippen molar-refractivity contribution in [1.29, 1.82) is 0 Å². The van der Waals surface area contributed by atoms with Crippen molar-refractivity contribution in [3.63, 3.8) is 0 Å². The summed E-state index contributed by atoms with van der Waals surface area (Å²) in [5.74, 6) is -0.286. The van der Waals surface area contributed by atoms with Crippen molar-refractivity contribution < 1.29 is 4.79 Å². The van der Waals surface area contributed by atoms with E-state index in [-0.39, 0.29) is 11.0 Å². The van der Waals surface area contributed by atoms with Crippen LogP contribution in [0.1, 0.15) is 24.2 Å². The van der Waals surface area contributed by atoms with Gasteiger partial charge in [-0.25, -0.2) is 0 Å². The Morgan fingerprint density at radius 3 is 2.07 bits per heavy atom. The highest BCUT2D eigenvalue weighted by Crippen LogP contribution is 2.28. The molecular weight excluding hydrogens is 402 g/mol. The molecular formula is C23H22ClN3OS. The molecule has 1 amide bonds. The molecule has 0 heterocycles. The number of hydrogen-bond donors (Lipinski definition) is 2. The number of carbonyl (C=O) groups is 1. The monoisotopic (exact) mass is 423 g/mol. The topological polar surface area (TPSA) is 44.4 Å². The first-order valence-electron chi connectivity index (χ1n) is 9.26. The summed E-state index contributed by atoms with van der Waals surface area (Å²) in [5.41, 5.74) is 3.50. The minimum absolute atomic E-state index is 0.237. The summed E-state index contributed by atoms with van der Waals surface area (Å²) in [5, 5.41) is 6.53. The number of para-hydroxylation sites is 1. The summed E-state index contributed by atoms with van der Waals surface area (Å²) in [4.78, 5) is 14.5. The van der Waals surface area contributed by atoms with Gasteiger partial charge in [0.1, 0.15) is 0 Å². The first kappa shape index (κ1) is 20.8. The molecule has 0 aliphatic carbocycles. The lowest BCUT2D eigenvalue weighted by Crippen LogP contribution is -2.34. The largest absolute Gasteiger partial charge is 0.339 e. The normalized spacial score (nSPS) is 10.5. The van der Waals surface area contributed by atoms with Gasteiger partial charge in [0.25, 0.3) is 5.91 Å². The van der Waals surface area contributed by atoms with Crippen LogP contribution in [-0.4, -0.2) is 17.1 Å². The average Bonchev–Trinajstić information content (AvgIpc) is 2.70. The second-order valence-corrected chi connectivity index (χ2v) is 7.61. The van der Waals surface area contributed by atoms with Gasteiger partial charge in [0.05, 0.1) is 0 Å². The van der Waals surface area contributed by atoms with E-state index in [0.29, 0.717) is 16.6 Å². The number of amides is 1. The molecule has 0 fully saturated rings. The van der Waals surface area contributed by atoms with Gasteiger partial charge in [-0.15, -0.1) is 0 Å². The van der Waals surface area contributed by atoms with Crippen LogP contribution in [0.15, 0.2) is 78.9 Å². The Balaban J connectivity index is 1.66. The molecule has 0 unspecified atom stereocenters. The van der Waals surface area contributed by atoms with Crippen LogP contribution in [0.3, 0.4) is 0 Å². The van der Waals surface area contributed by atoms with Crippen LogP contribution < -0.4 is 15.5 Å². The van der Waals surface area contributed by atoms with E-state index in [9.17, 15) is 4.79 Å². The molecule has 6 heteroatoms. The van der Waals surface area contributed by atoms with Gasteiger partial charge in [-0.1, -0.05) is 29.8 Å². The molecule has 4 nitrogen and oxygen atoms in total. The van der Waals surface area contributed by atoms with Gasteiger partial charge in [-0.2, -0.15) is 0 Å². The van der Waals surface area contributed by atoms with E-state index in [1.165, 1.54) is 0 Å². The first-order chi connectivity index (χ1) is 13.9. The maximum atomic E-state index is 12.2. The van der Waals surface area contributed by atoms with Crippen molar-refractivity contribution >= 4 is 51.9 Å². The van der Waals surface area contributed by atoms with E-state index >= 15 is 0 Å². The van der Waals surface area contributed by atoms with Crippen LogP contribution in [0.4, 0.5) is 17.1 Å². The van der Waals surface area contributed by atoms with Gasteiger partial charge >= 0.3 is 0 Å². The minimum Gasteiger partial charge on any atom is -0.339 e. The zero-order chi connectivity index (χ0) is 20.8. The molecule has 3 rings (SSSR count). The number of halogens is 1. The summed E-state index contributed by atoms with van der Waals surface area (Å²) in [6, 6.07) is 25.1. The van der Waals surface area contributed by atoms with Gasteiger partial charge < -0.3 is 10.2 Å². The van der Waals surface area contributed by atoms with Gasteiger partial charge in [0.2, 0.25) is 0 Å². The lowest BCUT2D eigenvalue weighted by atomic mass is 10.2. The van der Waals surface area contributed by atoms with Crippen molar-refractivity contribution in [2.75, 3.05) is 10.2 Å². The SMILES string of the molecule is CC(C)N(c1ccccc1)c1ccc(NC(=S)NC(=O)c2ccc(Cl)cc2)cc1. The van der Waals surface area contributed by atoms with Gasteiger partial charge in [-0.05, 0) is 86.7 Å². The summed E-state index contributed by atoms with van der Waals surface area (Å²) in [6.07, 6.45) is 0. The van der Waals surface area contributed by atoms with Crippen molar-refractivity contribution in [3.05, 3.63) is 89.4 Å². The van der Waals surface area contributed by atoms with Gasteiger partial charge in [0.15, 0.2) is 5.11 Å². The maximum Gasteiger partial charge on any atom is 0.257 e. The number of rotatable bonds is 5. The lowest BCUT2D eigenvalue weighted by Gasteiger charge is -2.29. The molecule has 0 aliphatic heterocycles. The van der Waals surface area contributed by atoms with Crippen LogP contribution >= 0.6 is 23.8 Å². The minimum atomic E-state index is -0.286. The predicted octanol–water partition coefficient (Wildman–Crippen LogP) is 6.01. The molecule has 0 saturated heterocycles. The molecule has 2 N–H and O–H groups in total. The quantitative estimate of drug-likeness (QED) is 0.493. The number of hydrogen-bond acceptors (Lipinski definition) is 3. The third-order valence-corrected chi connectivity index (χ3v) is 4.74. The fourth-order valence-corrected chi connectivity index (χ4v) is 3.31. The van der Waals surface area contributed by atoms with E-state index in [0.717, 1.165) is 17.1 Å². The van der Waals surface area contributed by atoms with Crippen molar-refractivity contribution in [1.82, 2.24) is 5.32 Å². The smallest absolute Gasteiger partial charge is 0.257 e. The molecule has 0 saturated carbocycles. The van der Waals surface area contributed by atoms with E-state index in [1.54, 1.807) is 24.3 Å². The second kappa shape index (κ2) is 9.54. The van der Waals surface area contributed by atoms with E-state index in [2.05, 4.69) is 41.5 Å². The summed E-state index contributed by atoms with van der Waals surface area (Å²) < 4.78 is 0. The van der Waals surface area contributed by atoms with Crippen molar-refractivity contribution in [2.45, 2.75) is 19.9 Å². The standard InChI is InChI=1S/C23H22ClN3OS/c1-16(2)27(20-6-4-3-5-7-20)21-14-12-19(13-15-21)25-23(29)26-22(28)17-8-10-18(24)11-9-17/h3-16H,1-2H3,(H2,25,26,28,29). The van der Waals surface area contributed by atoms with E-state index in [1.807, 2.05) is 42.5 Å².